The van der Waals surface area contributed by atoms with E-state index in [0.29, 0.717) is 12.2 Å². The number of aryl methyl sites for hydroxylation is 1. The Hall–Kier alpha value is -1.82. The summed E-state index contributed by atoms with van der Waals surface area (Å²) < 4.78 is 7.77. The molecule has 6 heteroatoms. The Bertz CT molecular complexity index is 640. The molecule has 2 rings (SSSR count). The second-order valence-corrected chi connectivity index (χ2v) is 5.53. The summed E-state index contributed by atoms with van der Waals surface area (Å²) in [6.07, 6.45) is 3.68. The fourth-order valence-corrected chi connectivity index (χ4v) is 2.56. The normalized spacial score (nSPS) is 12.0. The van der Waals surface area contributed by atoms with E-state index >= 15 is 0 Å². The number of anilines is 1. The minimum absolute atomic E-state index is 0.0507. The lowest BCUT2D eigenvalue weighted by molar-refractivity contribution is 0.0526. The molecule has 0 aliphatic carbocycles. The average molecular weight is 352 g/mol. The third kappa shape index (κ3) is 3.64. The molecule has 1 N–H and O–H groups in total. The number of ether oxygens (including phenoxy) is 1. The Labute approximate surface area is 132 Å². The van der Waals surface area contributed by atoms with Gasteiger partial charge in [-0.1, -0.05) is 0 Å². The van der Waals surface area contributed by atoms with Gasteiger partial charge in [-0.2, -0.15) is 0 Å². The van der Waals surface area contributed by atoms with Gasteiger partial charge in [-0.25, -0.2) is 9.78 Å². The molecule has 21 heavy (non-hydrogen) atoms. The average Bonchev–Trinajstić information content (AvgIpc) is 2.87. The Balaban J connectivity index is 2.14. The van der Waals surface area contributed by atoms with Crippen LogP contribution in [0.2, 0.25) is 0 Å². The second kappa shape index (κ2) is 6.76. The van der Waals surface area contributed by atoms with Gasteiger partial charge in [0.2, 0.25) is 0 Å². The molecule has 1 aromatic carbocycles. The summed E-state index contributed by atoms with van der Waals surface area (Å²) in [6.45, 7) is 4.19. The first-order valence-electron chi connectivity index (χ1n) is 6.73. The molecule has 5 nitrogen and oxygen atoms in total. The van der Waals surface area contributed by atoms with Crippen LogP contribution in [0.4, 0.5) is 5.69 Å². The van der Waals surface area contributed by atoms with Crippen molar-refractivity contribution in [3.8, 4) is 0 Å². The molecule has 0 radical (unpaired) electrons. The smallest absolute Gasteiger partial charge is 0.338 e. The lowest BCUT2D eigenvalue weighted by Crippen LogP contribution is -2.12. The van der Waals surface area contributed by atoms with Gasteiger partial charge in [0.1, 0.15) is 5.82 Å². The lowest BCUT2D eigenvalue weighted by Gasteiger charge is -2.16. The number of carbonyl (C=O) groups excluding carboxylic acids is 1. The Morgan fingerprint density at radius 3 is 2.86 bits per heavy atom. The molecule has 112 valence electrons. The number of nitrogens with one attached hydrogen (secondary N) is 1. The summed E-state index contributed by atoms with van der Waals surface area (Å²) >= 11 is 3.48. The first kappa shape index (κ1) is 15.6. The third-order valence-corrected chi connectivity index (χ3v) is 3.75. The van der Waals surface area contributed by atoms with Gasteiger partial charge in [0.15, 0.2) is 0 Å². The molecular weight excluding hydrogens is 334 g/mol. The number of nitrogens with zero attached hydrogens (tertiary/aromatic N) is 2. The van der Waals surface area contributed by atoms with Gasteiger partial charge in [-0.05, 0) is 48.0 Å². The van der Waals surface area contributed by atoms with E-state index in [-0.39, 0.29) is 12.0 Å². The third-order valence-electron chi connectivity index (χ3n) is 3.10. The summed E-state index contributed by atoms with van der Waals surface area (Å²) in [5.41, 5.74) is 1.43. The number of benzene rings is 1. The van der Waals surface area contributed by atoms with Crippen molar-refractivity contribution in [3.63, 3.8) is 0 Å². The molecule has 0 saturated heterocycles. The molecule has 0 aliphatic heterocycles. The van der Waals surface area contributed by atoms with E-state index in [1.807, 2.05) is 30.8 Å². The summed E-state index contributed by atoms with van der Waals surface area (Å²) in [5, 5.41) is 3.37. The van der Waals surface area contributed by atoms with Crippen LogP contribution in [-0.4, -0.2) is 22.1 Å². The topological polar surface area (TPSA) is 56.1 Å². The number of hydrogen-bond donors (Lipinski definition) is 1. The highest BCUT2D eigenvalue weighted by Gasteiger charge is 2.13. The highest BCUT2D eigenvalue weighted by molar-refractivity contribution is 9.10. The number of carbonyl (C=O) groups is 1. The monoisotopic (exact) mass is 351 g/mol. The zero-order valence-corrected chi connectivity index (χ0v) is 13.8. The van der Waals surface area contributed by atoms with Crippen molar-refractivity contribution in [1.82, 2.24) is 9.55 Å². The fraction of sp³-hybridized carbons (Fsp3) is 0.333. The Morgan fingerprint density at radius 2 is 2.29 bits per heavy atom. The van der Waals surface area contributed by atoms with Crippen molar-refractivity contribution < 1.29 is 9.53 Å². The highest BCUT2D eigenvalue weighted by Crippen LogP contribution is 2.27. The minimum Gasteiger partial charge on any atom is -0.462 e. The van der Waals surface area contributed by atoms with Crippen LogP contribution in [-0.2, 0) is 11.8 Å². The molecule has 1 heterocycles. The van der Waals surface area contributed by atoms with Crippen LogP contribution in [0.1, 0.15) is 36.1 Å². The van der Waals surface area contributed by atoms with Crippen LogP contribution in [0.3, 0.4) is 0 Å². The first-order chi connectivity index (χ1) is 10.0. The first-order valence-corrected chi connectivity index (χ1v) is 7.52. The van der Waals surface area contributed by atoms with Gasteiger partial charge < -0.3 is 14.6 Å². The standard InChI is InChI=1S/C15H18BrN3O2/c1-4-21-15(20)11-5-6-13(12(16)9-11)18-10(2)14-17-7-8-19(14)3/h5-10,18H,4H2,1-3H3. The quantitative estimate of drug-likeness (QED) is 0.837. The van der Waals surface area contributed by atoms with Crippen LogP contribution >= 0.6 is 15.9 Å². The number of esters is 1. The maximum Gasteiger partial charge on any atom is 0.338 e. The summed E-state index contributed by atoms with van der Waals surface area (Å²) in [4.78, 5) is 16.0. The fourth-order valence-electron chi connectivity index (χ4n) is 2.07. The molecular formula is C15H18BrN3O2. The Morgan fingerprint density at radius 1 is 1.52 bits per heavy atom. The predicted octanol–water partition coefficient (Wildman–Crippen LogP) is 3.53. The van der Waals surface area contributed by atoms with Crippen molar-refractivity contribution in [2.24, 2.45) is 7.05 Å². The molecule has 0 aliphatic rings. The van der Waals surface area contributed by atoms with Crippen molar-refractivity contribution in [2.75, 3.05) is 11.9 Å². The summed E-state index contributed by atoms with van der Waals surface area (Å²) in [6, 6.07) is 5.41. The van der Waals surface area contributed by atoms with Crippen molar-refractivity contribution in [2.45, 2.75) is 19.9 Å². The maximum atomic E-state index is 11.7. The van der Waals surface area contributed by atoms with Crippen molar-refractivity contribution >= 4 is 27.6 Å². The molecule has 0 amide bonds. The predicted molar refractivity (Wildman–Crippen MR) is 85.3 cm³/mol. The molecule has 0 fully saturated rings. The number of rotatable bonds is 5. The van der Waals surface area contributed by atoms with Gasteiger partial charge >= 0.3 is 5.97 Å². The number of imidazole rings is 1. The van der Waals surface area contributed by atoms with Gasteiger partial charge in [-0.15, -0.1) is 0 Å². The SMILES string of the molecule is CCOC(=O)c1ccc(NC(C)c2nccn2C)c(Br)c1. The molecule has 1 atom stereocenters. The van der Waals surface area contributed by atoms with Gasteiger partial charge in [-0.3, -0.25) is 0 Å². The van der Waals surface area contributed by atoms with Gasteiger partial charge in [0.25, 0.3) is 0 Å². The van der Waals surface area contributed by atoms with Gasteiger partial charge in [0, 0.05) is 29.6 Å². The number of hydrogen-bond acceptors (Lipinski definition) is 4. The number of aromatic nitrogens is 2. The van der Waals surface area contributed by atoms with E-state index in [4.69, 9.17) is 4.74 Å². The largest absolute Gasteiger partial charge is 0.462 e. The van der Waals surface area contributed by atoms with E-state index < -0.39 is 0 Å². The van der Waals surface area contributed by atoms with Crippen LogP contribution < -0.4 is 5.32 Å². The zero-order chi connectivity index (χ0) is 15.4. The second-order valence-electron chi connectivity index (χ2n) is 4.68. The summed E-state index contributed by atoms with van der Waals surface area (Å²) in [7, 11) is 1.96. The van der Waals surface area contributed by atoms with E-state index in [0.717, 1.165) is 16.0 Å². The minimum atomic E-state index is -0.318. The van der Waals surface area contributed by atoms with Crippen molar-refractivity contribution in [1.29, 1.82) is 0 Å². The summed E-state index contributed by atoms with van der Waals surface area (Å²) in [5.74, 6) is 0.623. The molecule has 2 aromatic rings. The van der Waals surface area contributed by atoms with E-state index in [2.05, 4.69) is 26.2 Å². The van der Waals surface area contributed by atoms with Crippen LogP contribution in [0.5, 0.6) is 0 Å². The molecule has 1 aromatic heterocycles. The van der Waals surface area contributed by atoms with E-state index in [1.165, 1.54) is 0 Å². The molecule has 0 bridgehead atoms. The zero-order valence-electron chi connectivity index (χ0n) is 12.3. The van der Waals surface area contributed by atoms with E-state index in [9.17, 15) is 4.79 Å². The van der Waals surface area contributed by atoms with Crippen LogP contribution in [0, 0.1) is 0 Å². The Kier molecular flexibility index (Phi) is 5.01. The molecule has 1 unspecified atom stereocenters. The highest BCUT2D eigenvalue weighted by atomic mass is 79.9. The van der Waals surface area contributed by atoms with E-state index in [1.54, 1.807) is 25.3 Å². The molecule has 0 saturated carbocycles. The lowest BCUT2D eigenvalue weighted by atomic mass is 10.2. The number of halogens is 1. The maximum absolute atomic E-state index is 11.7. The van der Waals surface area contributed by atoms with Crippen LogP contribution in [0.15, 0.2) is 35.1 Å². The van der Waals surface area contributed by atoms with Crippen LogP contribution in [0.25, 0.3) is 0 Å². The van der Waals surface area contributed by atoms with Gasteiger partial charge in [0.05, 0.1) is 18.2 Å². The van der Waals surface area contributed by atoms with Crippen molar-refractivity contribution in [3.05, 3.63) is 46.5 Å². The molecule has 0 spiro atoms.